The number of benzene rings is 2. The molecule has 0 saturated heterocycles. The number of hydrogen-bond acceptors (Lipinski definition) is 3. The van der Waals surface area contributed by atoms with Crippen LogP contribution in [0.2, 0.25) is 0 Å². The molecule has 0 radical (unpaired) electrons. The molecule has 2 aromatic carbocycles. The maximum absolute atomic E-state index is 14.2. The lowest BCUT2D eigenvalue weighted by Crippen LogP contribution is -2.08. The van der Waals surface area contributed by atoms with Crippen LogP contribution in [-0.4, -0.2) is 19.7 Å². The molecule has 0 spiro atoms. The second-order valence-electron chi connectivity index (χ2n) is 6.96. The van der Waals surface area contributed by atoms with Crippen molar-refractivity contribution in [1.29, 1.82) is 0 Å². The summed E-state index contributed by atoms with van der Waals surface area (Å²) in [4.78, 5) is 8.63. The highest BCUT2D eigenvalue weighted by Gasteiger charge is 2.36. The zero-order valence-electron chi connectivity index (χ0n) is 16.1. The number of para-hydroxylation sites is 1. The van der Waals surface area contributed by atoms with Gasteiger partial charge in [-0.15, -0.1) is 0 Å². The molecule has 7 heteroatoms. The van der Waals surface area contributed by atoms with Gasteiger partial charge in [-0.25, -0.2) is 9.67 Å². The minimum Gasteiger partial charge on any atom is -0.264 e. The molecule has 0 atom stereocenters. The normalized spacial score (nSPS) is 11.7. The van der Waals surface area contributed by atoms with Crippen molar-refractivity contribution in [3.05, 3.63) is 96.8 Å². The lowest BCUT2D eigenvalue weighted by Gasteiger charge is -2.12. The van der Waals surface area contributed by atoms with Crippen molar-refractivity contribution < 1.29 is 13.2 Å². The molecule has 0 amide bonds. The van der Waals surface area contributed by atoms with Gasteiger partial charge >= 0.3 is 6.18 Å². The molecule has 5 aromatic rings. The largest absolute Gasteiger partial charge is 0.417 e. The molecule has 152 valence electrons. The Kier molecular flexibility index (Phi) is 4.51. The highest BCUT2D eigenvalue weighted by atomic mass is 19.4. The first-order valence-electron chi connectivity index (χ1n) is 9.54. The maximum Gasteiger partial charge on any atom is 0.417 e. The van der Waals surface area contributed by atoms with E-state index in [9.17, 15) is 13.2 Å². The van der Waals surface area contributed by atoms with Gasteiger partial charge in [0.15, 0.2) is 5.65 Å². The smallest absolute Gasteiger partial charge is 0.264 e. The minimum absolute atomic E-state index is 0.0322. The third-order valence-corrected chi connectivity index (χ3v) is 4.95. The second kappa shape index (κ2) is 7.36. The van der Waals surface area contributed by atoms with Crippen LogP contribution in [0.1, 0.15) is 5.56 Å². The standard InChI is InChI=1S/C24H15F3N4/c25-24(26,27)19-14-20(17-10-7-13-28-15-17)29-23-21(19)22(16-8-3-1-4-9-16)30-31(23)18-11-5-2-6-12-18/h1-15H. The molecule has 5 rings (SSSR count). The summed E-state index contributed by atoms with van der Waals surface area (Å²) in [6.07, 6.45) is -1.53. The van der Waals surface area contributed by atoms with Crippen molar-refractivity contribution in [2.45, 2.75) is 6.18 Å². The predicted molar refractivity (Wildman–Crippen MR) is 113 cm³/mol. The predicted octanol–water partition coefficient (Wildman–Crippen LogP) is 6.17. The van der Waals surface area contributed by atoms with Crippen LogP contribution in [0, 0.1) is 0 Å². The summed E-state index contributed by atoms with van der Waals surface area (Å²) in [6.45, 7) is 0. The van der Waals surface area contributed by atoms with E-state index in [0.717, 1.165) is 6.07 Å². The summed E-state index contributed by atoms with van der Waals surface area (Å²) in [7, 11) is 0. The van der Waals surface area contributed by atoms with Gasteiger partial charge in [0.2, 0.25) is 0 Å². The Labute approximate surface area is 175 Å². The maximum atomic E-state index is 14.2. The summed E-state index contributed by atoms with van der Waals surface area (Å²) in [5.74, 6) is 0. The van der Waals surface area contributed by atoms with Crippen molar-refractivity contribution in [3.63, 3.8) is 0 Å². The van der Waals surface area contributed by atoms with Crippen LogP contribution in [0.3, 0.4) is 0 Å². The molecular weight excluding hydrogens is 401 g/mol. The SMILES string of the molecule is FC(F)(F)c1cc(-c2cccnc2)nc2c1c(-c1ccccc1)nn2-c1ccccc1. The van der Waals surface area contributed by atoms with Gasteiger partial charge in [0, 0.05) is 23.5 Å². The van der Waals surface area contributed by atoms with Gasteiger partial charge in [-0.2, -0.15) is 18.3 Å². The van der Waals surface area contributed by atoms with Crippen molar-refractivity contribution in [1.82, 2.24) is 19.7 Å². The molecule has 0 fully saturated rings. The Hall–Kier alpha value is -4.00. The van der Waals surface area contributed by atoms with E-state index in [-0.39, 0.29) is 22.4 Å². The summed E-state index contributed by atoms with van der Waals surface area (Å²) in [5, 5.41) is 4.55. The Bertz CT molecular complexity index is 1350. The fourth-order valence-electron chi connectivity index (χ4n) is 3.55. The summed E-state index contributed by atoms with van der Waals surface area (Å²) >= 11 is 0. The zero-order valence-corrected chi connectivity index (χ0v) is 16.1. The third kappa shape index (κ3) is 3.44. The van der Waals surface area contributed by atoms with Gasteiger partial charge in [0.05, 0.1) is 22.3 Å². The van der Waals surface area contributed by atoms with Crippen LogP contribution >= 0.6 is 0 Å². The number of halogens is 3. The van der Waals surface area contributed by atoms with Crippen LogP contribution in [0.4, 0.5) is 13.2 Å². The second-order valence-corrected chi connectivity index (χ2v) is 6.96. The molecule has 4 nitrogen and oxygen atoms in total. The number of fused-ring (bicyclic) bond motifs is 1. The number of nitrogens with zero attached hydrogens (tertiary/aromatic N) is 4. The highest BCUT2D eigenvalue weighted by molar-refractivity contribution is 5.96. The first kappa shape index (κ1) is 19.0. The molecule has 0 aliphatic heterocycles. The Balaban J connectivity index is 1.91. The highest BCUT2D eigenvalue weighted by Crippen LogP contribution is 2.41. The number of alkyl halides is 3. The van der Waals surface area contributed by atoms with E-state index < -0.39 is 11.7 Å². The molecule has 0 saturated carbocycles. The number of hydrogen-bond donors (Lipinski definition) is 0. The van der Waals surface area contributed by atoms with Crippen molar-refractivity contribution in [2.24, 2.45) is 0 Å². The van der Waals surface area contributed by atoms with Crippen molar-refractivity contribution in [2.75, 3.05) is 0 Å². The molecule has 0 bridgehead atoms. The third-order valence-electron chi connectivity index (χ3n) is 4.95. The topological polar surface area (TPSA) is 43.6 Å². The van der Waals surface area contributed by atoms with E-state index >= 15 is 0 Å². The van der Waals surface area contributed by atoms with Crippen LogP contribution < -0.4 is 0 Å². The lowest BCUT2D eigenvalue weighted by atomic mass is 10.0. The monoisotopic (exact) mass is 416 g/mol. The van der Waals surface area contributed by atoms with E-state index in [1.54, 1.807) is 66.9 Å². The molecule has 3 aromatic heterocycles. The van der Waals surface area contributed by atoms with Gasteiger partial charge in [0.25, 0.3) is 0 Å². The van der Waals surface area contributed by atoms with Gasteiger partial charge in [-0.1, -0.05) is 48.5 Å². The van der Waals surface area contributed by atoms with Gasteiger partial charge in [0.1, 0.15) is 5.69 Å². The van der Waals surface area contributed by atoms with Gasteiger partial charge < -0.3 is 0 Å². The molecular formula is C24H15F3N4. The number of pyridine rings is 2. The van der Waals surface area contributed by atoms with Crippen LogP contribution in [0.15, 0.2) is 91.3 Å². The molecule has 0 N–H and O–H groups in total. The lowest BCUT2D eigenvalue weighted by molar-refractivity contribution is -0.136. The van der Waals surface area contributed by atoms with Gasteiger partial charge in [-0.3, -0.25) is 4.98 Å². The van der Waals surface area contributed by atoms with Crippen molar-refractivity contribution >= 4 is 11.0 Å². The van der Waals surface area contributed by atoms with Crippen LogP contribution in [0.5, 0.6) is 0 Å². The van der Waals surface area contributed by atoms with Crippen molar-refractivity contribution in [3.8, 4) is 28.2 Å². The molecule has 0 unspecified atom stereocenters. The van der Waals surface area contributed by atoms with Crippen LogP contribution in [0.25, 0.3) is 39.2 Å². The first-order chi connectivity index (χ1) is 15.0. The Morgan fingerprint density at radius 2 is 1.45 bits per heavy atom. The average molecular weight is 416 g/mol. The van der Waals surface area contributed by atoms with Crippen LogP contribution in [-0.2, 0) is 6.18 Å². The Morgan fingerprint density at radius 3 is 2.10 bits per heavy atom. The van der Waals surface area contributed by atoms with E-state index in [0.29, 0.717) is 16.8 Å². The minimum atomic E-state index is -4.59. The number of aromatic nitrogens is 4. The van der Waals surface area contributed by atoms with E-state index in [1.165, 1.54) is 10.9 Å². The number of rotatable bonds is 3. The van der Waals surface area contributed by atoms with E-state index in [4.69, 9.17) is 0 Å². The molecule has 0 aliphatic carbocycles. The quantitative estimate of drug-likeness (QED) is 0.353. The molecule has 3 heterocycles. The summed E-state index contributed by atoms with van der Waals surface area (Å²) in [6, 6.07) is 22.3. The first-order valence-corrected chi connectivity index (χ1v) is 9.54. The average Bonchev–Trinajstić information content (AvgIpc) is 3.19. The Morgan fingerprint density at radius 1 is 0.774 bits per heavy atom. The van der Waals surface area contributed by atoms with E-state index in [1.807, 2.05) is 12.1 Å². The fraction of sp³-hybridized carbons (Fsp3) is 0.0417. The fourth-order valence-corrected chi connectivity index (χ4v) is 3.55. The summed E-state index contributed by atoms with van der Waals surface area (Å²) in [5.41, 5.74) is 1.48. The summed E-state index contributed by atoms with van der Waals surface area (Å²) < 4.78 is 44.2. The molecule has 31 heavy (non-hydrogen) atoms. The van der Waals surface area contributed by atoms with Gasteiger partial charge in [-0.05, 0) is 30.3 Å². The zero-order chi connectivity index (χ0) is 21.4. The molecule has 0 aliphatic rings. The van der Waals surface area contributed by atoms with E-state index in [2.05, 4.69) is 15.1 Å².